The van der Waals surface area contributed by atoms with Crippen LogP contribution in [-0.2, 0) is 24.6 Å². The maximum atomic E-state index is 12.8. The van der Waals surface area contributed by atoms with Gasteiger partial charge in [0.1, 0.15) is 5.75 Å². The molecule has 0 amide bonds. The van der Waals surface area contributed by atoms with Gasteiger partial charge in [0.25, 0.3) is 0 Å². The lowest BCUT2D eigenvalue weighted by molar-refractivity contribution is -0.0141. The number of nitrogens with zero attached hydrogens (tertiary/aromatic N) is 1. The van der Waals surface area contributed by atoms with Crippen LogP contribution < -0.4 is 4.74 Å². The molecular formula is C13H17NO6S2. The molecule has 0 bridgehead atoms. The smallest absolute Gasteiger partial charge is 0.243 e. The van der Waals surface area contributed by atoms with Crippen LogP contribution in [0.25, 0.3) is 0 Å². The largest absolute Gasteiger partial charge is 0.497 e. The first-order valence-electron chi connectivity index (χ1n) is 6.81. The zero-order valence-electron chi connectivity index (χ0n) is 12.0. The Bertz CT molecular complexity index is 756. The van der Waals surface area contributed by atoms with E-state index in [1.807, 2.05) is 0 Å². The molecule has 2 heterocycles. The molecule has 0 aliphatic carbocycles. The highest BCUT2D eigenvalue weighted by molar-refractivity contribution is 7.92. The van der Waals surface area contributed by atoms with E-state index in [-0.39, 0.29) is 29.6 Å². The van der Waals surface area contributed by atoms with E-state index in [1.165, 1.54) is 23.5 Å². The van der Waals surface area contributed by atoms with Crippen LogP contribution in [0.1, 0.15) is 0 Å². The predicted molar refractivity (Wildman–Crippen MR) is 79.1 cm³/mol. The summed E-state index contributed by atoms with van der Waals surface area (Å²) in [5, 5.41) is 0. The monoisotopic (exact) mass is 347 g/mol. The molecule has 2 saturated heterocycles. The maximum absolute atomic E-state index is 12.8. The Labute approximate surface area is 129 Å². The normalized spacial score (nSPS) is 28.2. The van der Waals surface area contributed by atoms with Crippen LogP contribution in [-0.4, -0.2) is 65.1 Å². The van der Waals surface area contributed by atoms with Crippen LogP contribution >= 0.6 is 0 Å². The molecule has 122 valence electrons. The van der Waals surface area contributed by atoms with Gasteiger partial charge in [-0.05, 0) is 24.3 Å². The number of morpholine rings is 1. The van der Waals surface area contributed by atoms with E-state index in [4.69, 9.17) is 9.47 Å². The average molecular weight is 347 g/mol. The van der Waals surface area contributed by atoms with Crippen LogP contribution in [0.3, 0.4) is 0 Å². The van der Waals surface area contributed by atoms with Gasteiger partial charge in [0.05, 0.1) is 42.3 Å². The minimum atomic E-state index is -3.76. The lowest BCUT2D eigenvalue weighted by atomic mass is 10.2. The number of hydrogen-bond donors (Lipinski definition) is 0. The molecule has 3 rings (SSSR count). The van der Waals surface area contributed by atoms with Crippen LogP contribution in [0.15, 0.2) is 29.2 Å². The molecule has 0 aromatic heterocycles. The van der Waals surface area contributed by atoms with Gasteiger partial charge in [-0.25, -0.2) is 16.8 Å². The van der Waals surface area contributed by atoms with Crippen molar-refractivity contribution in [2.45, 2.75) is 17.0 Å². The van der Waals surface area contributed by atoms with Crippen molar-refractivity contribution in [2.24, 2.45) is 0 Å². The number of sulfone groups is 1. The zero-order valence-corrected chi connectivity index (χ0v) is 13.6. The fraction of sp³-hybridized carbons (Fsp3) is 0.538. The van der Waals surface area contributed by atoms with E-state index in [1.54, 1.807) is 12.1 Å². The average Bonchev–Trinajstić information content (AvgIpc) is 2.80. The standard InChI is InChI=1S/C13H17NO6S2/c1-19-10-2-4-11(5-3-10)22(17,18)14-6-7-20-13-9-21(15,16)8-12(13)14/h2-5,12-13H,6-9H2,1H3. The van der Waals surface area contributed by atoms with Crippen molar-refractivity contribution in [1.82, 2.24) is 4.31 Å². The van der Waals surface area contributed by atoms with Gasteiger partial charge in [0, 0.05) is 6.54 Å². The van der Waals surface area contributed by atoms with Gasteiger partial charge in [-0.2, -0.15) is 4.31 Å². The quantitative estimate of drug-likeness (QED) is 0.757. The number of fused-ring (bicyclic) bond motifs is 1. The van der Waals surface area contributed by atoms with Gasteiger partial charge in [0.15, 0.2) is 9.84 Å². The third kappa shape index (κ3) is 2.73. The summed E-state index contributed by atoms with van der Waals surface area (Å²) in [5.74, 6) is 0.251. The molecule has 2 aliphatic heterocycles. The van der Waals surface area contributed by atoms with Crippen molar-refractivity contribution in [3.8, 4) is 5.75 Å². The van der Waals surface area contributed by atoms with Crippen LogP contribution in [0.5, 0.6) is 5.75 Å². The second kappa shape index (κ2) is 5.48. The Hall–Kier alpha value is -1.16. The number of benzene rings is 1. The van der Waals surface area contributed by atoms with E-state index in [0.717, 1.165) is 0 Å². The Morgan fingerprint density at radius 3 is 2.55 bits per heavy atom. The molecule has 0 radical (unpaired) electrons. The summed E-state index contributed by atoms with van der Waals surface area (Å²) in [5.41, 5.74) is 0. The third-order valence-electron chi connectivity index (χ3n) is 3.95. The molecule has 0 saturated carbocycles. The summed E-state index contributed by atoms with van der Waals surface area (Å²) >= 11 is 0. The molecule has 9 heteroatoms. The number of methoxy groups -OCH3 is 1. The topological polar surface area (TPSA) is 90.0 Å². The molecule has 22 heavy (non-hydrogen) atoms. The van der Waals surface area contributed by atoms with Crippen LogP contribution in [0.2, 0.25) is 0 Å². The summed E-state index contributed by atoms with van der Waals surface area (Å²) < 4.78 is 60.8. The summed E-state index contributed by atoms with van der Waals surface area (Å²) in [6.07, 6.45) is -0.577. The van der Waals surface area contributed by atoms with Crippen molar-refractivity contribution in [3.05, 3.63) is 24.3 Å². The van der Waals surface area contributed by atoms with Gasteiger partial charge in [-0.15, -0.1) is 0 Å². The molecule has 0 N–H and O–H groups in total. The molecule has 0 spiro atoms. The molecule has 2 atom stereocenters. The molecular weight excluding hydrogens is 330 g/mol. The first-order chi connectivity index (χ1) is 10.3. The highest BCUT2D eigenvalue weighted by Crippen LogP contribution is 2.30. The summed E-state index contributed by atoms with van der Waals surface area (Å²) in [6, 6.07) is 5.40. The molecule has 1 aromatic carbocycles. The minimum Gasteiger partial charge on any atom is -0.497 e. The highest BCUT2D eigenvalue weighted by atomic mass is 32.2. The van der Waals surface area contributed by atoms with Crippen molar-refractivity contribution in [1.29, 1.82) is 0 Å². The van der Waals surface area contributed by atoms with Crippen molar-refractivity contribution >= 4 is 19.9 Å². The van der Waals surface area contributed by atoms with E-state index in [9.17, 15) is 16.8 Å². The van der Waals surface area contributed by atoms with Gasteiger partial charge in [0.2, 0.25) is 10.0 Å². The van der Waals surface area contributed by atoms with Gasteiger partial charge >= 0.3 is 0 Å². The van der Waals surface area contributed by atoms with Crippen LogP contribution in [0.4, 0.5) is 0 Å². The SMILES string of the molecule is COc1ccc(S(=O)(=O)N2CCOC3CS(=O)(=O)CC32)cc1. The molecule has 2 unspecified atom stereocenters. The summed E-state index contributed by atoms with van der Waals surface area (Å²) in [6.45, 7) is 0.358. The minimum absolute atomic E-state index is 0.119. The Morgan fingerprint density at radius 1 is 1.23 bits per heavy atom. The van der Waals surface area contributed by atoms with E-state index < -0.39 is 32.0 Å². The van der Waals surface area contributed by atoms with Gasteiger partial charge in [-0.1, -0.05) is 0 Å². The van der Waals surface area contributed by atoms with Gasteiger partial charge in [-0.3, -0.25) is 0 Å². The second-order valence-electron chi connectivity index (χ2n) is 5.34. The third-order valence-corrected chi connectivity index (χ3v) is 7.58. The Balaban J connectivity index is 1.93. The number of sulfonamides is 1. The molecule has 1 aromatic rings. The zero-order chi connectivity index (χ0) is 16.0. The molecule has 2 fully saturated rings. The first kappa shape index (κ1) is 15.7. The number of ether oxygens (including phenoxy) is 2. The van der Waals surface area contributed by atoms with E-state index in [2.05, 4.69) is 0 Å². The lowest BCUT2D eigenvalue weighted by Crippen LogP contribution is -2.53. The molecule has 7 nitrogen and oxygen atoms in total. The van der Waals surface area contributed by atoms with Crippen molar-refractivity contribution in [2.75, 3.05) is 31.8 Å². The second-order valence-corrected chi connectivity index (χ2v) is 9.39. The maximum Gasteiger partial charge on any atom is 0.243 e. The van der Waals surface area contributed by atoms with Crippen molar-refractivity contribution < 1.29 is 26.3 Å². The van der Waals surface area contributed by atoms with E-state index >= 15 is 0 Å². The lowest BCUT2D eigenvalue weighted by Gasteiger charge is -2.35. The highest BCUT2D eigenvalue weighted by Gasteiger charge is 2.48. The van der Waals surface area contributed by atoms with Crippen LogP contribution in [0, 0.1) is 0 Å². The predicted octanol–water partition coefficient (Wildman–Crippen LogP) is -0.118. The Kier molecular flexibility index (Phi) is 3.92. The summed E-state index contributed by atoms with van der Waals surface area (Å²) in [7, 11) is -5.52. The first-order valence-corrected chi connectivity index (χ1v) is 10.1. The van der Waals surface area contributed by atoms with Gasteiger partial charge < -0.3 is 9.47 Å². The van der Waals surface area contributed by atoms with Crippen molar-refractivity contribution in [3.63, 3.8) is 0 Å². The summed E-state index contributed by atoms with van der Waals surface area (Å²) in [4.78, 5) is 0.123. The fourth-order valence-corrected chi connectivity index (χ4v) is 6.46. The Morgan fingerprint density at radius 2 is 1.91 bits per heavy atom. The fourth-order valence-electron chi connectivity index (χ4n) is 2.87. The number of hydrogen-bond acceptors (Lipinski definition) is 6. The number of rotatable bonds is 3. The van der Waals surface area contributed by atoms with E-state index in [0.29, 0.717) is 5.75 Å². The molecule has 2 aliphatic rings.